The van der Waals surface area contributed by atoms with Crippen molar-refractivity contribution in [1.29, 1.82) is 0 Å². The quantitative estimate of drug-likeness (QED) is 0.572. The van der Waals surface area contributed by atoms with Gasteiger partial charge < -0.3 is 16.0 Å². The van der Waals surface area contributed by atoms with E-state index in [9.17, 15) is 9.59 Å². The van der Waals surface area contributed by atoms with Gasteiger partial charge in [-0.1, -0.05) is 78.4 Å². The molecule has 0 radical (unpaired) electrons. The van der Waals surface area contributed by atoms with Gasteiger partial charge >= 0.3 is 6.03 Å². The summed E-state index contributed by atoms with van der Waals surface area (Å²) >= 11 is 0. The number of urea groups is 1. The minimum Gasteiger partial charge on any atom is -0.347 e. The number of aryl methyl sites for hydroxylation is 1. The molecule has 0 bridgehead atoms. The summed E-state index contributed by atoms with van der Waals surface area (Å²) < 4.78 is 0. The Morgan fingerprint density at radius 2 is 1.28 bits per heavy atom. The summed E-state index contributed by atoms with van der Waals surface area (Å²) in [7, 11) is 0. The average Bonchev–Trinajstić information content (AvgIpc) is 2.75. The Balaban J connectivity index is 1.73. The highest BCUT2D eigenvalue weighted by molar-refractivity contribution is 5.94. The van der Waals surface area contributed by atoms with Crippen LogP contribution in [0.4, 0.5) is 10.5 Å². The van der Waals surface area contributed by atoms with E-state index in [1.54, 1.807) is 0 Å². The Bertz CT molecular complexity index is 941. The lowest BCUT2D eigenvalue weighted by Crippen LogP contribution is -2.42. The van der Waals surface area contributed by atoms with Crippen LogP contribution in [0.1, 0.15) is 35.7 Å². The number of hydrogen-bond donors (Lipinski definition) is 3. The maximum Gasteiger partial charge on any atom is 0.320 e. The van der Waals surface area contributed by atoms with Gasteiger partial charge in [-0.05, 0) is 37.1 Å². The van der Waals surface area contributed by atoms with Crippen molar-refractivity contribution in [3.05, 3.63) is 102 Å². The van der Waals surface area contributed by atoms with Crippen molar-refractivity contribution in [2.45, 2.75) is 25.9 Å². The van der Waals surface area contributed by atoms with Crippen LogP contribution in [0.3, 0.4) is 0 Å². The molecule has 29 heavy (non-hydrogen) atoms. The first-order valence-electron chi connectivity index (χ1n) is 9.57. The summed E-state index contributed by atoms with van der Waals surface area (Å²) in [6, 6.07) is 25.0. The van der Waals surface area contributed by atoms with Crippen LogP contribution in [0.2, 0.25) is 0 Å². The monoisotopic (exact) mass is 387 g/mol. The Kier molecular flexibility index (Phi) is 6.63. The van der Waals surface area contributed by atoms with Crippen LogP contribution in [0.25, 0.3) is 0 Å². The number of rotatable bonds is 6. The van der Waals surface area contributed by atoms with Gasteiger partial charge in [-0.2, -0.15) is 0 Å². The van der Waals surface area contributed by atoms with Crippen LogP contribution in [0.15, 0.2) is 84.9 Å². The largest absolute Gasteiger partial charge is 0.347 e. The molecule has 5 heteroatoms. The minimum absolute atomic E-state index is 0.183. The van der Waals surface area contributed by atoms with Gasteiger partial charge in [-0.3, -0.25) is 4.79 Å². The Morgan fingerprint density at radius 1 is 0.724 bits per heavy atom. The lowest BCUT2D eigenvalue weighted by molar-refractivity contribution is -0.123. The fourth-order valence-corrected chi connectivity index (χ4v) is 3.00. The second-order valence-electron chi connectivity index (χ2n) is 6.95. The molecule has 0 heterocycles. The van der Waals surface area contributed by atoms with Crippen molar-refractivity contribution in [1.82, 2.24) is 10.6 Å². The van der Waals surface area contributed by atoms with Gasteiger partial charge in [-0.15, -0.1) is 0 Å². The molecular formula is C24H25N3O2. The van der Waals surface area contributed by atoms with Crippen LogP contribution in [0, 0.1) is 6.92 Å². The van der Waals surface area contributed by atoms with Crippen molar-refractivity contribution in [2.75, 3.05) is 5.32 Å². The van der Waals surface area contributed by atoms with E-state index in [1.807, 2.05) is 98.8 Å². The SMILES string of the molecule is Cc1ccc(NC(=O)N[C@@H](C(=O)N[C@H](C)c2ccccc2)c2ccccc2)cc1. The fourth-order valence-electron chi connectivity index (χ4n) is 3.00. The van der Waals surface area contributed by atoms with E-state index in [0.717, 1.165) is 11.1 Å². The highest BCUT2D eigenvalue weighted by Gasteiger charge is 2.24. The molecule has 0 saturated heterocycles. The Labute approximate surface area is 171 Å². The molecule has 3 aromatic rings. The van der Waals surface area contributed by atoms with E-state index < -0.39 is 12.1 Å². The predicted octanol–water partition coefficient (Wildman–Crippen LogP) is 4.74. The summed E-state index contributed by atoms with van der Waals surface area (Å²) in [6.07, 6.45) is 0. The minimum atomic E-state index is -0.812. The van der Waals surface area contributed by atoms with Gasteiger partial charge in [0.25, 0.3) is 0 Å². The van der Waals surface area contributed by atoms with Gasteiger partial charge in [0.15, 0.2) is 0 Å². The molecule has 0 saturated carbocycles. The van der Waals surface area contributed by atoms with Gasteiger partial charge in [0.1, 0.15) is 6.04 Å². The molecule has 148 valence electrons. The normalized spacial score (nSPS) is 12.5. The maximum atomic E-state index is 13.0. The van der Waals surface area contributed by atoms with Gasteiger partial charge in [0, 0.05) is 5.69 Å². The third kappa shape index (κ3) is 5.69. The van der Waals surface area contributed by atoms with E-state index in [4.69, 9.17) is 0 Å². The lowest BCUT2D eigenvalue weighted by Gasteiger charge is -2.22. The molecule has 0 fully saturated rings. The second kappa shape index (κ2) is 9.55. The lowest BCUT2D eigenvalue weighted by atomic mass is 10.0. The Hall–Kier alpha value is -3.60. The topological polar surface area (TPSA) is 70.2 Å². The zero-order valence-corrected chi connectivity index (χ0v) is 16.6. The van der Waals surface area contributed by atoms with Crippen molar-refractivity contribution in [3.63, 3.8) is 0 Å². The van der Waals surface area contributed by atoms with Crippen LogP contribution < -0.4 is 16.0 Å². The first-order valence-corrected chi connectivity index (χ1v) is 9.57. The van der Waals surface area contributed by atoms with E-state index in [2.05, 4.69) is 16.0 Å². The predicted molar refractivity (Wildman–Crippen MR) is 116 cm³/mol. The molecule has 0 unspecified atom stereocenters. The molecule has 0 spiro atoms. The summed E-state index contributed by atoms with van der Waals surface area (Å²) in [4.78, 5) is 25.5. The highest BCUT2D eigenvalue weighted by Crippen LogP contribution is 2.17. The van der Waals surface area contributed by atoms with Crippen molar-refractivity contribution in [2.24, 2.45) is 0 Å². The number of nitrogens with one attached hydrogen (secondary N) is 3. The number of carbonyl (C=O) groups is 2. The van der Waals surface area contributed by atoms with Gasteiger partial charge in [-0.25, -0.2) is 4.79 Å². The molecule has 0 aromatic heterocycles. The van der Waals surface area contributed by atoms with Crippen LogP contribution >= 0.6 is 0 Å². The number of amides is 3. The number of hydrogen-bond acceptors (Lipinski definition) is 2. The fraction of sp³-hybridized carbons (Fsp3) is 0.167. The summed E-state index contributed by atoms with van der Waals surface area (Å²) in [6.45, 7) is 3.90. The number of anilines is 1. The van der Waals surface area contributed by atoms with Crippen LogP contribution in [0.5, 0.6) is 0 Å². The summed E-state index contributed by atoms with van der Waals surface area (Å²) in [5, 5.41) is 8.56. The molecule has 3 aromatic carbocycles. The second-order valence-corrected chi connectivity index (χ2v) is 6.95. The van der Waals surface area contributed by atoms with Gasteiger partial charge in [0.05, 0.1) is 6.04 Å². The summed E-state index contributed by atoms with van der Waals surface area (Å²) in [5.74, 6) is -0.272. The van der Waals surface area contributed by atoms with Crippen LogP contribution in [-0.2, 0) is 4.79 Å². The third-order valence-electron chi connectivity index (χ3n) is 4.64. The molecule has 0 aliphatic rings. The molecule has 3 amide bonds. The van der Waals surface area contributed by atoms with E-state index >= 15 is 0 Å². The van der Waals surface area contributed by atoms with Crippen molar-refractivity contribution < 1.29 is 9.59 Å². The first kappa shape index (κ1) is 20.1. The smallest absolute Gasteiger partial charge is 0.320 e. The van der Waals surface area contributed by atoms with E-state index in [0.29, 0.717) is 11.3 Å². The van der Waals surface area contributed by atoms with Crippen LogP contribution in [-0.4, -0.2) is 11.9 Å². The van der Waals surface area contributed by atoms with E-state index in [1.165, 1.54) is 0 Å². The van der Waals surface area contributed by atoms with Gasteiger partial charge in [0.2, 0.25) is 5.91 Å². The summed E-state index contributed by atoms with van der Waals surface area (Å²) in [5.41, 5.74) is 3.48. The number of carbonyl (C=O) groups excluding carboxylic acids is 2. The molecule has 2 atom stereocenters. The number of benzene rings is 3. The van der Waals surface area contributed by atoms with Crippen molar-refractivity contribution in [3.8, 4) is 0 Å². The van der Waals surface area contributed by atoms with E-state index in [-0.39, 0.29) is 11.9 Å². The highest BCUT2D eigenvalue weighted by atomic mass is 16.2. The standard InChI is InChI=1S/C24H25N3O2/c1-17-13-15-21(16-14-17)26-24(29)27-22(20-11-7-4-8-12-20)23(28)25-18(2)19-9-5-3-6-10-19/h3-16,18,22H,1-2H3,(H,25,28)(H2,26,27,29)/t18-,22-/m1/s1. The molecule has 3 N–H and O–H groups in total. The molecule has 0 aliphatic heterocycles. The molecular weight excluding hydrogens is 362 g/mol. The Morgan fingerprint density at radius 3 is 1.86 bits per heavy atom. The maximum absolute atomic E-state index is 13.0. The average molecular weight is 387 g/mol. The molecule has 0 aliphatic carbocycles. The van der Waals surface area contributed by atoms with Crippen molar-refractivity contribution >= 4 is 17.6 Å². The first-order chi connectivity index (χ1) is 14.0. The zero-order valence-electron chi connectivity index (χ0n) is 16.6. The zero-order chi connectivity index (χ0) is 20.6. The molecule has 5 nitrogen and oxygen atoms in total. The molecule has 3 rings (SSSR count). The third-order valence-corrected chi connectivity index (χ3v) is 4.64.